The topological polar surface area (TPSA) is 35.2 Å². The molecule has 3 heteroatoms. The first kappa shape index (κ1) is 11.5. The van der Waals surface area contributed by atoms with Gasteiger partial charge in [0.2, 0.25) is 0 Å². The standard InChI is InChI=1S/C11H16BrNO/c12-10-4-6-11(7-5-10)14-9-3-1-2-8-13/h4-7H,1-3,8-9,13H2. The van der Waals surface area contributed by atoms with Crippen molar-refractivity contribution in [1.82, 2.24) is 0 Å². The zero-order chi connectivity index (χ0) is 10.2. The quantitative estimate of drug-likeness (QED) is 0.796. The van der Waals surface area contributed by atoms with Crippen molar-refractivity contribution in [2.45, 2.75) is 19.3 Å². The smallest absolute Gasteiger partial charge is 0.119 e. The Morgan fingerprint density at radius 1 is 1.07 bits per heavy atom. The Labute approximate surface area is 93.6 Å². The molecule has 0 saturated carbocycles. The number of hydrogen-bond acceptors (Lipinski definition) is 2. The molecule has 0 atom stereocenters. The molecule has 0 saturated heterocycles. The summed E-state index contributed by atoms with van der Waals surface area (Å²) >= 11 is 3.38. The molecule has 0 unspecified atom stereocenters. The fraction of sp³-hybridized carbons (Fsp3) is 0.455. The number of unbranched alkanes of at least 4 members (excludes halogenated alkanes) is 2. The van der Waals surface area contributed by atoms with Crippen LogP contribution in [0.5, 0.6) is 5.75 Å². The first-order valence-corrected chi connectivity index (χ1v) is 5.70. The van der Waals surface area contributed by atoms with E-state index in [1.807, 2.05) is 24.3 Å². The van der Waals surface area contributed by atoms with Crippen LogP contribution in [0.1, 0.15) is 19.3 Å². The summed E-state index contributed by atoms with van der Waals surface area (Å²) in [5, 5.41) is 0. The summed E-state index contributed by atoms with van der Waals surface area (Å²) in [5.41, 5.74) is 5.39. The molecule has 14 heavy (non-hydrogen) atoms. The van der Waals surface area contributed by atoms with Gasteiger partial charge in [-0.3, -0.25) is 0 Å². The van der Waals surface area contributed by atoms with Gasteiger partial charge in [-0.1, -0.05) is 15.9 Å². The van der Waals surface area contributed by atoms with E-state index in [1.165, 1.54) is 0 Å². The number of halogens is 1. The molecule has 1 rings (SSSR count). The lowest BCUT2D eigenvalue weighted by Crippen LogP contribution is -2.01. The van der Waals surface area contributed by atoms with Crippen LogP contribution < -0.4 is 10.5 Å². The molecule has 0 fully saturated rings. The monoisotopic (exact) mass is 257 g/mol. The molecular weight excluding hydrogens is 242 g/mol. The van der Waals surface area contributed by atoms with Crippen LogP contribution >= 0.6 is 15.9 Å². The summed E-state index contributed by atoms with van der Waals surface area (Å²) in [5.74, 6) is 0.931. The minimum atomic E-state index is 0.776. The Kier molecular flexibility index (Phi) is 5.64. The Hall–Kier alpha value is -0.540. The van der Waals surface area contributed by atoms with E-state index in [4.69, 9.17) is 10.5 Å². The first-order valence-electron chi connectivity index (χ1n) is 4.91. The van der Waals surface area contributed by atoms with Crippen LogP contribution in [0.25, 0.3) is 0 Å². The molecule has 0 aliphatic heterocycles. The van der Waals surface area contributed by atoms with Crippen molar-refractivity contribution in [2.75, 3.05) is 13.2 Å². The zero-order valence-corrected chi connectivity index (χ0v) is 9.79. The lowest BCUT2D eigenvalue weighted by atomic mass is 10.2. The summed E-state index contributed by atoms with van der Waals surface area (Å²) in [6.45, 7) is 1.56. The highest BCUT2D eigenvalue weighted by atomic mass is 79.9. The fourth-order valence-corrected chi connectivity index (χ4v) is 1.41. The second-order valence-corrected chi connectivity index (χ2v) is 4.07. The molecular formula is C11H16BrNO. The average molecular weight is 258 g/mol. The summed E-state index contributed by atoms with van der Waals surface area (Å²) in [7, 11) is 0. The molecule has 0 bridgehead atoms. The van der Waals surface area contributed by atoms with Crippen molar-refractivity contribution in [1.29, 1.82) is 0 Å². The number of benzene rings is 1. The predicted molar refractivity (Wildman–Crippen MR) is 62.5 cm³/mol. The molecule has 0 heterocycles. The Morgan fingerprint density at radius 3 is 2.43 bits per heavy atom. The summed E-state index contributed by atoms with van der Waals surface area (Å²) in [4.78, 5) is 0. The Bertz CT molecular complexity index is 248. The van der Waals surface area contributed by atoms with Gasteiger partial charge in [0.05, 0.1) is 6.61 Å². The van der Waals surface area contributed by atoms with Gasteiger partial charge in [0.25, 0.3) is 0 Å². The first-order chi connectivity index (χ1) is 6.83. The minimum Gasteiger partial charge on any atom is -0.494 e. The van der Waals surface area contributed by atoms with E-state index in [-0.39, 0.29) is 0 Å². The van der Waals surface area contributed by atoms with Gasteiger partial charge >= 0.3 is 0 Å². The highest BCUT2D eigenvalue weighted by Gasteiger charge is 1.93. The van der Waals surface area contributed by atoms with Crippen LogP contribution in [0.3, 0.4) is 0 Å². The molecule has 1 aromatic rings. The summed E-state index contributed by atoms with van der Waals surface area (Å²) < 4.78 is 6.62. The predicted octanol–water partition coefficient (Wildman–Crippen LogP) is 2.96. The molecule has 1 aromatic carbocycles. The van der Waals surface area contributed by atoms with Gasteiger partial charge in [-0.2, -0.15) is 0 Å². The zero-order valence-electron chi connectivity index (χ0n) is 8.21. The molecule has 2 nitrogen and oxygen atoms in total. The summed E-state index contributed by atoms with van der Waals surface area (Å²) in [6, 6.07) is 7.89. The van der Waals surface area contributed by atoms with Gasteiger partial charge in [0.15, 0.2) is 0 Å². The molecule has 0 spiro atoms. The van der Waals surface area contributed by atoms with Gasteiger partial charge in [0.1, 0.15) is 5.75 Å². The Balaban J connectivity index is 2.15. The van der Waals surface area contributed by atoms with Crippen molar-refractivity contribution in [3.05, 3.63) is 28.7 Å². The molecule has 0 aliphatic carbocycles. The van der Waals surface area contributed by atoms with Gasteiger partial charge in [-0.15, -0.1) is 0 Å². The van der Waals surface area contributed by atoms with E-state index in [0.717, 1.165) is 42.6 Å². The third-order valence-corrected chi connectivity index (χ3v) is 2.46. The normalized spacial score (nSPS) is 10.1. The van der Waals surface area contributed by atoms with Crippen LogP contribution in [0.15, 0.2) is 28.7 Å². The maximum absolute atomic E-state index is 5.55. The summed E-state index contributed by atoms with van der Waals surface area (Å²) in [6.07, 6.45) is 3.31. The van der Waals surface area contributed by atoms with Crippen molar-refractivity contribution in [3.63, 3.8) is 0 Å². The molecule has 78 valence electrons. The highest BCUT2D eigenvalue weighted by molar-refractivity contribution is 9.10. The maximum atomic E-state index is 5.55. The van der Waals surface area contributed by atoms with E-state index in [0.29, 0.717) is 0 Å². The van der Waals surface area contributed by atoms with Crippen LogP contribution in [0.2, 0.25) is 0 Å². The number of nitrogens with two attached hydrogens (primary N) is 1. The number of hydrogen-bond donors (Lipinski definition) is 1. The number of rotatable bonds is 6. The molecule has 0 amide bonds. The number of ether oxygens (including phenoxy) is 1. The second-order valence-electron chi connectivity index (χ2n) is 3.15. The molecule has 0 aliphatic rings. The van der Waals surface area contributed by atoms with Crippen LogP contribution in [-0.4, -0.2) is 13.2 Å². The lowest BCUT2D eigenvalue weighted by molar-refractivity contribution is 0.305. The maximum Gasteiger partial charge on any atom is 0.119 e. The van der Waals surface area contributed by atoms with E-state index in [2.05, 4.69) is 15.9 Å². The van der Waals surface area contributed by atoms with Gasteiger partial charge < -0.3 is 10.5 Å². The molecule has 0 radical (unpaired) electrons. The van der Waals surface area contributed by atoms with Crippen LogP contribution in [0, 0.1) is 0 Å². The van der Waals surface area contributed by atoms with Gasteiger partial charge in [0, 0.05) is 4.47 Å². The van der Waals surface area contributed by atoms with E-state index in [9.17, 15) is 0 Å². The fourth-order valence-electron chi connectivity index (χ4n) is 1.14. The van der Waals surface area contributed by atoms with Crippen LogP contribution in [0.4, 0.5) is 0 Å². The van der Waals surface area contributed by atoms with Crippen molar-refractivity contribution in [2.24, 2.45) is 5.73 Å². The second kappa shape index (κ2) is 6.85. The van der Waals surface area contributed by atoms with Crippen LogP contribution in [-0.2, 0) is 0 Å². The third kappa shape index (κ3) is 4.63. The lowest BCUT2D eigenvalue weighted by Gasteiger charge is -2.05. The highest BCUT2D eigenvalue weighted by Crippen LogP contribution is 2.16. The van der Waals surface area contributed by atoms with Gasteiger partial charge in [-0.25, -0.2) is 0 Å². The average Bonchev–Trinajstić information content (AvgIpc) is 2.21. The van der Waals surface area contributed by atoms with E-state index in [1.54, 1.807) is 0 Å². The van der Waals surface area contributed by atoms with Crippen molar-refractivity contribution in [3.8, 4) is 5.75 Å². The molecule has 2 N–H and O–H groups in total. The Morgan fingerprint density at radius 2 is 1.79 bits per heavy atom. The van der Waals surface area contributed by atoms with Gasteiger partial charge in [-0.05, 0) is 50.1 Å². The third-order valence-electron chi connectivity index (χ3n) is 1.93. The largest absolute Gasteiger partial charge is 0.494 e. The van der Waals surface area contributed by atoms with E-state index < -0.39 is 0 Å². The molecule has 0 aromatic heterocycles. The SMILES string of the molecule is NCCCCCOc1ccc(Br)cc1. The van der Waals surface area contributed by atoms with Crippen molar-refractivity contribution < 1.29 is 4.74 Å². The van der Waals surface area contributed by atoms with E-state index >= 15 is 0 Å². The minimum absolute atomic E-state index is 0.776. The van der Waals surface area contributed by atoms with Crippen molar-refractivity contribution >= 4 is 15.9 Å².